The SMILES string of the molecule is CC1=CC(C)CC(C(O)C2=COCCC2)C1. The van der Waals surface area contributed by atoms with E-state index in [4.69, 9.17) is 4.74 Å². The summed E-state index contributed by atoms with van der Waals surface area (Å²) >= 11 is 0. The van der Waals surface area contributed by atoms with Crippen molar-refractivity contribution in [1.29, 1.82) is 0 Å². The Hall–Kier alpha value is -0.760. The van der Waals surface area contributed by atoms with Crippen LogP contribution in [0.1, 0.15) is 39.5 Å². The third-order valence-electron chi connectivity index (χ3n) is 3.62. The van der Waals surface area contributed by atoms with E-state index in [0.29, 0.717) is 11.8 Å². The van der Waals surface area contributed by atoms with E-state index in [-0.39, 0.29) is 6.10 Å². The maximum absolute atomic E-state index is 10.4. The fourth-order valence-electron chi connectivity index (χ4n) is 2.94. The normalized spacial score (nSPS) is 32.4. The molecule has 0 radical (unpaired) electrons. The van der Waals surface area contributed by atoms with Gasteiger partial charge in [0.15, 0.2) is 0 Å². The lowest BCUT2D eigenvalue weighted by molar-refractivity contribution is 0.106. The third kappa shape index (κ3) is 2.67. The smallest absolute Gasteiger partial charge is 0.0876 e. The van der Waals surface area contributed by atoms with E-state index in [2.05, 4.69) is 19.9 Å². The molecule has 0 aromatic heterocycles. The van der Waals surface area contributed by atoms with Crippen LogP contribution >= 0.6 is 0 Å². The predicted molar refractivity (Wildman–Crippen MR) is 64.9 cm³/mol. The second-order valence-corrected chi connectivity index (χ2v) is 5.30. The summed E-state index contributed by atoms with van der Waals surface area (Å²) in [6, 6.07) is 0. The Morgan fingerprint density at radius 3 is 2.94 bits per heavy atom. The Morgan fingerprint density at radius 1 is 1.50 bits per heavy atom. The first kappa shape index (κ1) is 11.7. The molecule has 3 atom stereocenters. The quantitative estimate of drug-likeness (QED) is 0.728. The number of allylic oxidation sites excluding steroid dienone is 2. The van der Waals surface area contributed by atoms with Crippen molar-refractivity contribution < 1.29 is 9.84 Å². The van der Waals surface area contributed by atoms with Gasteiger partial charge in [-0.1, -0.05) is 18.6 Å². The van der Waals surface area contributed by atoms with Crippen LogP contribution in [0.4, 0.5) is 0 Å². The van der Waals surface area contributed by atoms with Gasteiger partial charge >= 0.3 is 0 Å². The first-order chi connectivity index (χ1) is 7.66. The molecule has 0 saturated heterocycles. The highest BCUT2D eigenvalue weighted by atomic mass is 16.5. The summed E-state index contributed by atoms with van der Waals surface area (Å²) in [5.41, 5.74) is 2.51. The van der Waals surface area contributed by atoms with Crippen LogP contribution in [0.25, 0.3) is 0 Å². The number of hydrogen-bond donors (Lipinski definition) is 1. The van der Waals surface area contributed by atoms with E-state index in [0.717, 1.165) is 37.9 Å². The molecule has 0 saturated carbocycles. The van der Waals surface area contributed by atoms with Gasteiger partial charge in [-0.25, -0.2) is 0 Å². The maximum Gasteiger partial charge on any atom is 0.0876 e. The molecule has 2 heteroatoms. The highest BCUT2D eigenvalue weighted by molar-refractivity contribution is 5.14. The number of aliphatic hydroxyl groups is 1. The average Bonchev–Trinajstić information content (AvgIpc) is 2.28. The minimum absolute atomic E-state index is 0.300. The molecule has 1 heterocycles. The van der Waals surface area contributed by atoms with Gasteiger partial charge in [0, 0.05) is 0 Å². The number of ether oxygens (including phenoxy) is 1. The van der Waals surface area contributed by atoms with E-state index in [1.54, 1.807) is 6.26 Å². The lowest BCUT2D eigenvalue weighted by atomic mass is 9.78. The molecule has 2 nitrogen and oxygen atoms in total. The van der Waals surface area contributed by atoms with Crippen LogP contribution in [0.5, 0.6) is 0 Å². The van der Waals surface area contributed by atoms with Gasteiger partial charge in [0.1, 0.15) is 0 Å². The molecule has 2 aliphatic rings. The Morgan fingerprint density at radius 2 is 2.31 bits per heavy atom. The number of rotatable bonds is 2. The van der Waals surface area contributed by atoms with E-state index in [1.807, 2.05) is 0 Å². The summed E-state index contributed by atoms with van der Waals surface area (Å²) in [6.07, 6.45) is 7.97. The molecule has 90 valence electrons. The van der Waals surface area contributed by atoms with Crippen molar-refractivity contribution in [3.05, 3.63) is 23.5 Å². The molecule has 1 aliphatic carbocycles. The summed E-state index contributed by atoms with van der Waals surface area (Å²) < 4.78 is 5.31. The van der Waals surface area contributed by atoms with E-state index >= 15 is 0 Å². The standard InChI is InChI=1S/C14H22O2/c1-10-6-11(2)8-13(7-10)14(15)12-4-3-5-16-9-12/h6,9-10,13-15H,3-5,7-8H2,1-2H3. The molecule has 1 N–H and O–H groups in total. The van der Waals surface area contributed by atoms with Crippen LogP contribution in [-0.4, -0.2) is 17.8 Å². The van der Waals surface area contributed by atoms with Crippen molar-refractivity contribution in [1.82, 2.24) is 0 Å². The van der Waals surface area contributed by atoms with Crippen molar-refractivity contribution >= 4 is 0 Å². The fourth-order valence-corrected chi connectivity index (χ4v) is 2.94. The average molecular weight is 222 g/mol. The summed E-state index contributed by atoms with van der Waals surface area (Å²) in [6.45, 7) is 5.20. The molecule has 0 spiro atoms. The van der Waals surface area contributed by atoms with Gasteiger partial charge in [-0.15, -0.1) is 0 Å². The Kier molecular flexibility index (Phi) is 3.70. The van der Waals surface area contributed by atoms with Crippen LogP contribution in [0.3, 0.4) is 0 Å². The van der Waals surface area contributed by atoms with Gasteiger partial charge in [0.05, 0.1) is 19.0 Å². The van der Waals surface area contributed by atoms with Crippen LogP contribution in [0.2, 0.25) is 0 Å². The van der Waals surface area contributed by atoms with Gasteiger partial charge in [-0.05, 0) is 50.0 Å². The largest absolute Gasteiger partial charge is 0.501 e. The van der Waals surface area contributed by atoms with Gasteiger partial charge in [-0.2, -0.15) is 0 Å². The van der Waals surface area contributed by atoms with Crippen LogP contribution in [0.15, 0.2) is 23.5 Å². The Bertz CT molecular complexity index is 304. The van der Waals surface area contributed by atoms with Gasteiger partial charge in [-0.3, -0.25) is 0 Å². The van der Waals surface area contributed by atoms with E-state index < -0.39 is 0 Å². The second kappa shape index (κ2) is 5.05. The molecule has 1 aliphatic heterocycles. The topological polar surface area (TPSA) is 29.5 Å². The molecule has 0 aromatic carbocycles. The van der Waals surface area contributed by atoms with Crippen LogP contribution in [-0.2, 0) is 4.74 Å². The molecule has 0 aromatic rings. The molecule has 16 heavy (non-hydrogen) atoms. The van der Waals surface area contributed by atoms with Crippen molar-refractivity contribution in [2.45, 2.75) is 45.6 Å². The summed E-state index contributed by atoms with van der Waals surface area (Å²) in [5.74, 6) is 0.978. The van der Waals surface area contributed by atoms with Gasteiger partial charge < -0.3 is 9.84 Å². The molecule has 0 amide bonds. The zero-order chi connectivity index (χ0) is 11.5. The van der Waals surface area contributed by atoms with Crippen LogP contribution in [0, 0.1) is 11.8 Å². The molecule has 0 bridgehead atoms. The first-order valence-electron chi connectivity index (χ1n) is 6.32. The second-order valence-electron chi connectivity index (χ2n) is 5.30. The lowest BCUT2D eigenvalue weighted by Crippen LogP contribution is -2.28. The maximum atomic E-state index is 10.4. The van der Waals surface area contributed by atoms with Crippen molar-refractivity contribution in [3.8, 4) is 0 Å². The lowest BCUT2D eigenvalue weighted by Gasteiger charge is -2.31. The minimum atomic E-state index is -0.300. The highest BCUT2D eigenvalue weighted by Gasteiger charge is 2.28. The molecule has 2 rings (SSSR count). The van der Waals surface area contributed by atoms with Crippen molar-refractivity contribution in [3.63, 3.8) is 0 Å². The van der Waals surface area contributed by atoms with E-state index in [9.17, 15) is 5.11 Å². The third-order valence-corrected chi connectivity index (χ3v) is 3.62. The fraction of sp³-hybridized carbons (Fsp3) is 0.714. The van der Waals surface area contributed by atoms with E-state index in [1.165, 1.54) is 5.57 Å². The molecule has 0 fully saturated rings. The first-order valence-corrected chi connectivity index (χ1v) is 6.32. The highest BCUT2D eigenvalue weighted by Crippen LogP contribution is 2.34. The predicted octanol–water partition coefficient (Wildman–Crippen LogP) is 3.03. The zero-order valence-electron chi connectivity index (χ0n) is 10.3. The summed E-state index contributed by atoms with van der Waals surface area (Å²) in [5, 5.41) is 10.4. The van der Waals surface area contributed by atoms with Crippen molar-refractivity contribution in [2.24, 2.45) is 11.8 Å². The minimum Gasteiger partial charge on any atom is -0.501 e. The summed E-state index contributed by atoms with van der Waals surface area (Å²) in [7, 11) is 0. The Balaban J connectivity index is 2.02. The van der Waals surface area contributed by atoms with Crippen LogP contribution < -0.4 is 0 Å². The van der Waals surface area contributed by atoms with Gasteiger partial charge in [0.2, 0.25) is 0 Å². The zero-order valence-corrected chi connectivity index (χ0v) is 10.3. The number of aliphatic hydroxyl groups excluding tert-OH is 1. The van der Waals surface area contributed by atoms with Gasteiger partial charge in [0.25, 0.3) is 0 Å². The summed E-state index contributed by atoms with van der Waals surface area (Å²) in [4.78, 5) is 0. The number of hydrogen-bond acceptors (Lipinski definition) is 2. The molecular formula is C14H22O2. The Labute approximate surface area is 98.0 Å². The monoisotopic (exact) mass is 222 g/mol. The molecule has 3 unspecified atom stereocenters. The van der Waals surface area contributed by atoms with Crippen molar-refractivity contribution in [2.75, 3.05) is 6.61 Å². The molecular weight excluding hydrogens is 200 g/mol.